The number of rotatable bonds is 6. The minimum absolute atomic E-state index is 0.409. The minimum Gasteiger partial charge on any atom is -0.481 e. The molecule has 0 saturated carbocycles. The van der Waals surface area contributed by atoms with Crippen LogP contribution in [0.5, 0.6) is 5.75 Å². The Morgan fingerprint density at radius 2 is 1.48 bits per heavy atom. The van der Waals surface area contributed by atoms with Gasteiger partial charge in [0.1, 0.15) is 5.75 Å². The van der Waals surface area contributed by atoms with Crippen LogP contribution >= 0.6 is 15.9 Å². The van der Waals surface area contributed by atoms with Gasteiger partial charge < -0.3 is 4.74 Å². The summed E-state index contributed by atoms with van der Waals surface area (Å²) < 4.78 is 6.45. The maximum absolute atomic E-state index is 12.4. The van der Waals surface area contributed by atoms with Gasteiger partial charge in [-0.2, -0.15) is 0 Å². The topological polar surface area (TPSA) is 67.4 Å². The maximum atomic E-state index is 12.4. The first-order chi connectivity index (χ1) is 14.1. The summed E-state index contributed by atoms with van der Waals surface area (Å²) in [5.41, 5.74) is 7.46. The molecule has 148 valence electrons. The lowest BCUT2D eigenvalue weighted by Crippen LogP contribution is -2.48. The molecule has 0 fully saturated rings. The molecule has 1 atom stereocenters. The Morgan fingerprint density at radius 1 is 0.862 bits per heavy atom. The van der Waals surface area contributed by atoms with Crippen LogP contribution in [0, 0.1) is 0 Å². The van der Waals surface area contributed by atoms with Crippen LogP contribution in [-0.4, -0.2) is 17.9 Å². The highest BCUT2D eigenvalue weighted by Gasteiger charge is 2.19. The van der Waals surface area contributed by atoms with Crippen molar-refractivity contribution in [2.75, 3.05) is 0 Å². The Kier molecular flexibility index (Phi) is 7.03. The normalized spacial score (nSPS) is 11.4. The van der Waals surface area contributed by atoms with Crippen molar-refractivity contribution in [3.63, 3.8) is 0 Å². The fourth-order valence-corrected chi connectivity index (χ4v) is 3.22. The van der Waals surface area contributed by atoms with E-state index >= 15 is 0 Å². The largest absolute Gasteiger partial charge is 0.481 e. The molecule has 5 nitrogen and oxygen atoms in total. The van der Waals surface area contributed by atoms with Gasteiger partial charge >= 0.3 is 0 Å². The summed E-state index contributed by atoms with van der Waals surface area (Å²) in [5.74, 6) is -0.239. The molecule has 3 aromatic rings. The van der Waals surface area contributed by atoms with Gasteiger partial charge in [0.2, 0.25) is 0 Å². The molecular weight excluding hydrogens is 432 g/mol. The van der Waals surface area contributed by atoms with Crippen LogP contribution in [0.2, 0.25) is 0 Å². The van der Waals surface area contributed by atoms with Crippen LogP contribution in [0.3, 0.4) is 0 Å². The lowest BCUT2D eigenvalue weighted by molar-refractivity contribution is -0.128. The second-order valence-electron chi connectivity index (χ2n) is 6.33. The van der Waals surface area contributed by atoms with Crippen molar-refractivity contribution in [2.45, 2.75) is 19.4 Å². The van der Waals surface area contributed by atoms with E-state index in [1.54, 1.807) is 18.2 Å². The summed E-state index contributed by atoms with van der Waals surface area (Å²) in [6, 6.07) is 24.5. The van der Waals surface area contributed by atoms with Crippen molar-refractivity contribution in [1.29, 1.82) is 0 Å². The summed E-state index contributed by atoms with van der Waals surface area (Å²) in [7, 11) is 0. The first-order valence-electron chi connectivity index (χ1n) is 9.25. The van der Waals surface area contributed by atoms with Gasteiger partial charge in [0.05, 0.1) is 5.56 Å². The smallest absolute Gasteiger partial charge is 0.279 e. The zero-order valence-corrected chi connectivity index (χ0v) is 17.5. The Balaban J connectivity index is 1.58. The second-order valence-corrected chi connectivity index (χ2v) is 7.18. The molecule has 6 heteroatoms. The van der Waals surface area contributed by atoms with Crippen LogP contribution in [0.15, 0.2) is 83.3 Å². The molecule has 0 bridgehead atoms. The molecule has 0 heterocycles. The molecular formula is C23H21BrN2O3. The molecule has 0 aliphatic heterocycles. The van der Waals surface area contributed by atoms with Crippen molar-refractivity contribution < 1.29 is 14.3 Å². The summed E-state index contributed by atoms with van der Waals surface area (Å²) in [5, 5.41) is 0. The fourth-order valence-electron chi connectivity index (χ4n) is 2.75. The van der Waals surface area contributed by atoms with Crippen LogP contribution in [-0.2, 0) is 4.79 Å². The molecule has 0 spiro atoms. The van der Waals surface area contributed by atoms with Crippen molar-refractivity contribution in [2.24, 2.45) is 0 Å². The molecule has 0 aliphatic rings. The Labute approximate surface area is 178 Å². The number of hydrogen-bond acceptors (Lipinski definition) is 3. The number of halogens is 1. The summed E-state index contributed by atoms with van der Waals surface area (Å²) in [4.78, 5) is 24.6. The predicted molar refractivity (Wildman–Crippen MR) is 116 cm³/mol. The van der Waals surface area contributed by atoms with Crippen LogP contribution in [0.4, 0.5) is 0 Å². The quantitative estimate of drug-likeness (QED) is 0.531. The van der Waals surface area contributed by atoms with Crippen molar-refractivity contribution >= 4 is 27.7 Å². The van der Waals surface area contributed by atoms with E-state index in [4.69, 9.17) is 4.74 Å². The van der Waals surface area contributed by atoms with E-state index in [0.29, 0.717) is 22.2 Å². The van der Waals surface area contributed by atoms with E-state index in [1.165, 1.54) is 0 Å². The zero-order valence-electron chi connectivity index (χ0n) is 15.9. The van der Waals surface area contributed by atoms with E-state index in [9.17, 15) is 9.59 Å². The van der Waals surface area contributed by atoms with E-state index in [1.807, 2.05) is 67.6 Å². The highest BCUT2D eigenvalue weighted by Crippen LogP contribution is 2.23. The third-order valence-electron chi connectivity index (χ3n) is 4.32. The monoisotopic (exact) mass is 452 g/mol. The highest BCUT2D eigenvalue weighted by atomic mass is 79.9. The van der Waals surface area contributed by atoms with Gasteiger partial charge in [-0.15, -0.1) is 0 Å². The number of benzene rings is 3. The maximum Gasteiger partial charge on any atom is 0.279 e. The first-order valence-corrected chi connectivity index (χ1v) is 10.0. The summed E-state index contributed by atoms with van der Waals surface area (Å²) in [6.45, 7) is 1.85. The van der Waals surface area contributed by atoms with E-state index in [0.717, 1.165) is 11.1 Å². The van der Waals surface area contributed by atoms with Gasteiger partial charge in [-0.25, -0.2) is 0 Å². The number of carbonyl (C=O) groups is 2. The number of nitrogens with one attached hydrogen (secondary N) is 2. The lowest BCUT2D eigenvalue weighted by atomic mass is 10.1. The fraction of sp³-hybridized carbons (Fsp3) is 0.130. The van der Waals surface area contributed by atoms with Crippen molar-refractivity contribution in [1.82, 2.24) is 10.9 Å². The van der Waals surface area contributed by atoms with Gasteiger partial charge in [-0.1, -0.05) is 61.5 Å². The first kappa shape index (κ1) is 20.6. The second kappa shape index (κ2) is 9.89. The lowest BCUT2D eigenvalue weighted by Gasteiger charge is -2.18. The Bertz CT molecular complexity index is 975. The van der Waals surface area contributed by atoms with Crippen LogP contribution in [0.25, 0.3) is 11.1 Å². The van der Waals surface area contributed by atoms with E-state index in [2.05, 4.69) is 26.8 Å². The van der Waals surface area contributed by atoms with E-state index < -0.39 is 17.9 Å². The molecule has 2 amide bonds. The molecule has 0 saturated heterocycles. The van der Waals surface area contributed by atoms with Crippen LogP contribution < -0.4 is 15.6 Å². The van der Waals surface area contributed by atoms with Gasteiger partial charge in [0, 0.05) is 4.47 Å². The van der Waals surface area contributed by atoms with Crippen LogP contribution in [0.1, 0.15) is 23.7 Å². The number of hydrazine groups is 1. The molecule has 3 aromatic carbocycles. The highest BCUT2D eigenvalue weighted by molar-refractivity contribution is 9.10. The number of carbonyl (C=O) groups excluding carboxylic acids is 2. The summed E-state index contributed by atoms with van der Waals surface area (Å²) >= 11 is 3.32. The molecule has 29 heavy (non-hydrogen) atoms. The van der Waals surface area contributed by atoms with Gasteiger partial charge in [-0.3, -0.25) is 20.4 Å². The molecule has 0 aliphatic carbocycles. The van der Waals surface area contributed by atoms with Gasteiger partial charge in [0.15, 0.2) is 6.10 Å². The Hall–Kier alpha value is -3.12. The number of ether oxygens (including phenoxy) is 1. The molecule has 0 aromatic heterocycles. The average molecular weight is 453 g/mol. The standard InChI is InChI=1S/C23H21BrN2O3/c1-2-21(23(28)26-25-22(27)19-10-6-7-11-20(19)24)29-18-14-12-17(13-15-18)16-8-4-3-5-9-16/h3-15,21H,2H2,1H3,(H,25,27)(H,26,28). The number of amides is 2. The molecule has 0 radical (unpaired) electrons. The van der Waals surface area contributed by atoms with Crippen molar-refractivity contribution in [3.05, 3.63) is 88.9 Å². The minimum atomic E-state index is -0.725. The summed E-state index contributed by atoms with van der Waals surface area (Å²) in [6.07, 6.45) is -0.269. The third-order valence-corrected chi connectivity index (χ3v) is 5.01. The van der Waals surface area contributed by atoms with Crippen molar-refractivity contribution in [3.8, 4) is 16.9 Å². The third kappa shape index (κ3) is 5.45. The molecule has 3 rings (SSSR count). The Morgan fingerprint density at radius 3 is 2.14 bits per heavy atom. The zero-order chi connectivity index (χ0) is 20.6. The van der Waals surface area contributed by atoms with Gasteiger partial charge in [-0.05, 0) is 57.7 Å². The predicted octanol–water partition coefficient (Wildman–Crippen LogP) is 4.73. The molecule has 1 unspecified atom stereocenters. The van der Waals surface area contributed by atoms with Gasteiger partial charge in [0.25, 0.3) is 11.8 Å². The molecule has 2 N–H and O–H groups in total. The van der Waals surface area contributed by atoms with E-state index in [-0.39, 0.29) is 0 Å². The average Bonchev–Trinajstić information content (AvgIpc) is 2.77. The SMILES string of the molecule is CCC(Oc1ccc(-c2ccccc2)cc1)C(=O)NNC(=O)c1ccccc1Br. The number of hydrogen-bond donors (Lipinski definition) is 2.